The largest absolute Gasteiger partial charge is 0.378 e. The van der Waals surface area contributed by atoms with Crippen molar-refractivity contribution in [2.75, 3.05) is 0 Å². The van der Waals surface area contributed by atoms with E-state index in [-0.39, 0.29) is 0 Å². The number of hydrogen-bond donors (Lipinski definition) is 1. The van der Waals surface area contributed by atoms with Crippen LogP contribution in [0.3, 0.4) is 0 Å². The first kappa shape index (κ1) is 7.52. The van der Waals surface area contributed by atoms with Crippen molar-refractivity contribution in [3.8, 4) is 11.8 Å². The van der Waals surface area contributed by atoms with Crippen LogP contribution in [0.25, 0.3) is 0 Å². The van der Waals surface area contributed by atoms with Crippen LogP contribution >= 0.6 is 0 Å². The molecule has 0 aliphatic heterocycles. The number of rotatable bonds is 0. The zero-order chi connectivity index (χ0) is 6.62. The molecule has 8 heavy (non-hydrogen) atoms. The van der Waals surface area contributed by atoms with E-state index in [1.165, 1.54) is 0 Å². The van der Waals surface area contributed by atoms with E-state index in [2.05, 4.69) is 18.8 Å². The Kier molecular flexibility index (Phi) is 2.57. The highest BCUT2D eigenvalue weighted by molar-refractivity contribution is 5.12. The topological polar surface area (TPSA) is 20.2 Å². The highest BCUT2D eigenvalue weighted by Crippen LogP contribution is 1.95. The molecule has 0 aromatic rings. The molecule has 0 aliphatic carbocycles. The molecular formula is C7H11O. The molecule has 1 N–H and O–H groups in total. The quantitative estimate of drug-likeness (QED) is 0.462. The van der Waals surface area contributed by atoms with Crippen molar-refractivity contribution in [3.63, 3.8) is 0 Å². The second-order valence-corrected chi connectivity index (χ2v) is 1.93. The van der Waals surface area contributed by atoms with E-state index >= 15 is 0 Å². The fraction of sp³-hybridized carbons (Fsp3) is 0.571. The summed E-state index contributed by atoms with van der Waals surface area (Å²) in [6, 6.07) is 0. The molecule has 0 rings (SSSR count). The number of aliphatic hydroxyl groups is 1. The molecule has 1 nitrogen and oxygen atoms in total. The summed E-state index contributed by atoms with van der Waals surface area (Å²) in [6.45, 7) is 6.88. The summed E-state index contributed by atoms with van der Waals surface area (Å²) in [5, 5.41) is 8.86. The summed E-state index contributed by atoms with van der Waals surface area (Å²) < 4.78 is 0. The van der Waals surface area contributed by atoms with E-state index in [9.17, 15) is 0 Å². The Balaban J connectivity index is 3.69. The van der Waals surface area contributed by atoms with Gasteiger partial charge in [-0.15, -0.1) is 5.92 Å². The Morgan fingerprint density at radius 3 is 2.38 bits per heavy atom. The van der Waals surface area contributed by atoms with Gasteiger partial charge in [0.2, 0.25) is 0 Å². The Labute approximate surface area is 50.7 Å². The summed E-state index contributed by atoms with van der Waals surface area (Å²) in [4.78, 5) is 0. The molecule has 0 fully saturated rings. The molecule has 0 saturated carbocycles. The SMILES string of the molecule is [CH2]C(C)(O)C#CCC. The van der Waals surface area contributed by atoms with Crippen LogP contribution in [0.4, 0.5) is 0 Å². The molecule has 1 unspecified atom stereocenters. The fourth-order valence-corrected chi connectivity index (χ4v) is 0.279. The van der Waals surface area contributed by atoms with Crippen LogP contribution < -0.4 is 0 Å². The maximum Gasteiger partial charge on any atom is 0.122 e. The molecule has 0 saturated heterocycles. The minimum Gasteiger partial charge on any atom is -0.378 e. The third-order valence-corrected chi connectivity index (χ3v) is 0.534. The van der Waals surface area contributed by atoms with Crippen LogP contribution in [0.1, 0.15) is 20.3 Å². The van der Waals surface area contributed by atoms with Gasteiger partial charge < -0.3 is 5.11 Å². The van der Waals surface area contributed by atoms with Crippen LogP contribution in [-0.2, 0) is 0 Å². The second kappa shape index (κ2) is 2.74. The molecular weight excluding hydrogens is 100 g/mol. The average molecular weight is 111 g/mol. The highest BCUT2D eigenvalue weighted by Gasteiger charge is 2.04. The van der Waals surface area contributed by atoms with E-state index < -0.39 is 5.60 Å². The van der Waals surface area contributed by atoms with Gasteiger partial charge in [0.15, 0.2) is 0 Å². The first-order valence-electron chi connectivity index (χ1n) is 2.64. The maximum atomic E-state index is 8.86. The monoisotopic (exact) mass is 111 g/mol. The van der Waals surface area contributed by atoms with E-state index in [1.54, 1.807) is 6.92 Å². The molecule has 45 valence electrons. The standard InChI is InChI=1S/C7H11O/c1-4-5-6-7(2,3)8/h8H,2,4H2,1,3H3. The van der Waals surface area contributed by atoms with Crippen molar-refractivity contribution in [3.05, 3.63) is 6.92 Å². The molecule has 1 heteroatoms. The summed E-state index contributed by atoms with van der Waals surface area (Å²) in [6.07, 6.45) is 0.770. The van der Waals surface area contributed by atoms with Gasteiger partial charge in [0, 0.05) is 6.42 Å². The summed E-state index contributed by atoms with van der Waals surface area (Å²) in [5.41, 5.74) is -1.06. The van der Waals surface area contributed by atoms with Gasteiger partial charge in [0.1, 0.15) is 5.60 Å². The minimum atomic E-state index is -1.06. The average Bonchev–Trinajstić information content (AvgIpc) is 1.59. The summed E-state index contributed by atoms with van der Waals surface area (Å²) in [5.74, 6) is 5.29. The van der Waals surface area contributed by atoms with Crippen molar-refractivity contribution in [2.45, 2.75) is 25.9 Å². The molecule has 0 spiro atoms. The summed E-state index contributed by atoms with van der Waals surface area (Å²) >= 11 is 0. The molecule has 0 bridgehead atoms. The molecule has 0 amide bonds. The van der Waals surface area contributed by atoms with Crippen LogP contribution in [0.5, 0.6) is 0 Å². The van der Waals surface area contributed by atoms with Gasteiger partial charge in [-0.3, -0.25) is 0 Å². The van der Waals surface area contributed by atoms with Crippen molar-refractivity contribution in [2.24, 2.45) is 0 Å². The Morgan fingerprint density at radius 2 is 2.25 bits per heavy atom. The van der Waals surface area contributed by atoms with Gasteiger partial charge in [0.25, 0.3) is 0 Å². The number of hydrogen-bond acceptors (Lipinski definition) is 1. The predicted octanol–water partition coefficient (Wildman–Crippen LogP) is 0.985. The predicted molar refractivity (Wildman–Crippen MR) is 34.0 cm³/mol. The van der Waals surface area contributed by atoms with Crippen molar-refractivity contribution < 1.29 is 5.11 Å². The van der Waals surface area contributed by atoms with Gasteiger partial charge >= 0.3 is 0 Å². The van der Waals surface area contributed by atoms with Crippen LogP contribution in [0.2, 0.25) is 0 Å². The second-order valence-electron chi connectivity index (χ2n) is 1.93. The third kappa shape index (κ3) is 5.52. The highest BCUT2D eigenvalue weighted by atomic mass is 16.3. The minimum absolute atomic E-state index is 0.770. The van der Waals surface area contributed by atoms with E-state index in [4.69, 9.17) is 5.11 Å². The lowest BCUT2D eigenvalue weighted by molar-refractivity contribution is 0.171. The van der Waals surface area contributed by atoms with E-state index in [0.29, 0.717) is 0 Å². The Bertz CT molecular complexity index is 109. The van der Waals surface area contributed by atoms with Crippen LogP contribution in [0.15, 0.2) is 0 Å². The molecule has 1 atom stereocenters. The lowest BCUT2D eigenvalue weighted by Gasteiger charge is -2.04. The first-order chi connectivity index (χ1) is 3.56. The lowest BCUT2D eigenvalue weighted by Crippen LogP contribution is -2.14. The first-order valence-corrected chi connectivity index (χ1v) is 2.64. The van der Waals surface area contributed by atoms with E-state index in [0.717, 1.165) is 6.42 Å². The lowest BCUT2D eigenvalue weighted by atomic mass is 10.1. The normalized spacial score (nSPS) is 10.0. The van der Waals surface area contributed by atoms with Gasteiger partial charge in [0.05, 0.1) is 0 Å². The van der Waals surface area contributed by atoms with Gasteiger partial charge in [-0.1, -0.05) is 12.8 Å². The van der Waals surface area contributed by atoms with Crippen LogP contribution in [-0.4, -0.2) is 10.7 Å². The van der Waals surface area contributed by atoms with Crippen molar-refractivity contribution in [1.29, 1.82) is 0 Å². The molecule has 0 aliphatic rings. The smallest absolute Gasteiger partial charge is 0.122 e. The molecule has 0 heterocycles. The fourth-order valence-electron chi connectivity index (χ4n) is 0.279. The van der Waals surface area contributed by atoms with Gasteiger partial charge in [-0.25, -0.2) is 0 Å². The molecule has 1 radical (unpaired) electrons. The van der Waals surface area contributed by atoms with Crippen molar-refractivity contribution >= 4 is 0 Å². The van der Waals surface area contributed by atoms with Crippen LogP contribution in [0, 0.1) is 18.8 Å². The molecule has 0 aromatic heterocycles. The zero-order valence-corrected chi connectivity index (χ0v) is 5.36. The van der Waals surface area contributed by atoms with Crippen molar-refractivity contribution in [1.82, 2.24) is 0 Å². The van der Waals surface area contributed by atoms with Gasteiger partial charge in [-0.05, 0) is 13.8 Å². The Morgan fingerprint density at radius 1 is 1.75 bits per heavy atom. The van der Waals surface area contributed by atoms with E-state index in [1.807, 2.05) is 6.92 Å². The maximum absolute atomic E-state index is 8.86. The molecule has 0 aromatic carbocycles. The zero-order valence-electron chi connectivity index (χ0n) is 5.36. The Hall–Kier alpha value is -0.480. The third-order valence-electron chi connectivity index (χ3n) is 0.534. The van der Waals surface area contributed by atoms with Gasteiger partial charge in [-0.2, -0.15) is 0 Å². The summed E-state index contributed by atoms with van der Waals surface area (Å²) in [7, 11) is 0.